The Labute approximate surface area is 151 Å². The van der Waals surface area contributed by atoms with Crippen LogP contribution in [-0.4, -0.2) is 11.9 Å². The number of carbonyl (C=O) groups is 1. The van der Waals surface area contributed by atoms with Gasteiger partial charge in [-0.15, -0.1) is 0 Å². The summed E-state index contributed by atoms with van der Waals surface area (Å²) in [5.74, 6) is 3.65. The fraction of sp³-hybridized carbons (Fsp3) is 0.696. The normalized spacial score (nSPS) is 37.5. The van der Waals surface area contributed by atoms with Gasteiger partial charge in [0.1, 0.15) is 11.5 Å². The van der Waals surface area contributed by atoms with Gasteiger partial charge in [-0.05, 0) is 98.8 Å². The maximum absolute atomic E-state index is 12.4. The third-order valence-electron chi connectivity index (χ3n) is 8.01. The van der Waals surface area contributed by atoms with Crippen LogP contribution in [0.3, 0.4) is 0 Å². The Balaban J connectivity index is 1.39. The molecule has 25 heavy (non-hydrogen) atoms. The van der Waals surface area contributed by atoms with Gasteiger partial charge in [-0.25, -0.2) is 0 Å². The quantitative estimate of drug-likeness (QED) is 0.718. The maximum Gasteiger partial charge on any atom is 0.139 e. The van der Waals surface area contributed by atoms with E-state index in [2.05, 4.69) is 25.1 Å². The average Bonchev–Trinajstić information content (AvgIpc) is 3.23. The summed E-state index contributed by atoms with van der Waals surface area (Å²) < 4.78 is 6.23. The van der Waals surface area contributed by atoms with Crippen molar-refractivity contribution in [2.24, 2.45) is 17.3 Å². The van der Waals surface area contributed by atoms with E-state index in [0.717, 1.165) is 30.9 Å². The molecule has 3 saturated carbocycles. The Hall–Kier alpha value is -1.31. The molecule has 134 valence electrons. The number of hydrogen-bond donors (Lipinski definition) is 0. The number of carbonyl (C=O) groups excluding carboxylic acids is 1. The summed E-state index contributed by atoms with van der Waals surface area (Å²) in [5, 5.41) is 0. The monoisotopic (exact) mass is 338 g/mol. The molecule has 3 fully saturated rings. The first-order valence-electron chi connectivity index (χ1n) is 10.5. The van der Waals surface area contributed by atoms with Gasteiger partial charge in [0.05, 0.1) is 6.10 Å². The lowest BCUT2D eigenvalue weighted by molar-refractivity contribution is -0.129. The van der Waals surface area contributed by atoms with Gasteiger partial charge in [-0.3, -0.25) is 4.79 Å². The van der Waals surface area contributed by atoms with Gasteiger partial charge in [0.25, 0.3) is 0 Å². The molecule has 2 nitrogen and oxygen atoms in total. The second-order valence-electron chi connectivity index (χ2n) is 9.22. The first-order valence-corrected chi connectivity index (χ1v) is 10.5. The van der Waals surface area contributed by atoms with Crippen LogP contribution in [0.4, 0.5) is 0 Å². The van der Waals surface area contributed by atoms with Crippen molar-refractivity contribution in [3.63, 3.8) is 0 Å². The highest BCUT2D eigenvalue weighted by Gasteiger charge is 2.54. The molecule has 0 amide bonds. The molecular formula is C23H30O2. The molecule has 0 radical (unpaired) electrons. The summed E-state index contributed by atoms with van der Waals surface area (Å²) in [4.78, 5) is 12.4. The van der Waals surface area contributed by atoms with Crippen molar-refractivity contribution in [1.29, 1.82) is 0 Å². The van der Waals surface area contributed by atoms with Gasteiger partial charge in [0.2, 0.25) is 0 Å². The van der Waals surface area contributed by atoms with E-state index in [0.29, 0.717) is 23.7 Å². The Morgan fingerprint density at radius 3 is 2.72 bits per heavy atom. The Bertz CT molecular complexity index is 687. The van der Waals surface area contributed by atoms with Crippen LogP contribution in [0.1, 0.15) is 81.8 Å². The van der Waals surface area contributed by atoms with Crippen LogP contribution < -0.4 is 4.74 Å². The Morgan fingerprint density at radius 1 is 1.04 bits per heavy atom. The maximum atomic E-state index is 12.4. The lowest BCUT2D eigenvalue weighted by atomic mass is 9.55. The van der Waals surface area contributed by atoms with Crippen molar-refractivity contribution in [3.8, 4) is 5.75 Å². The highest BCUT2D eigenvalue weighted by molar-refractivity contribution is 5.87. The van der Waals surface area contributed by atoms with E-state index in [1.54, 1.807) is 5.56 Å². The molecule has 4 aliphatic carbocycles. The molecular weight excluding hydrogens is 308 g/mol. The fourth-order valence-corrected chi connectivity index (χ4v) is 6.60. The largest absolute Gasteiger partial charge is 0.490 e. The van der Waals surface area contributed by atoms with Crippen molar-refractivity contribution < 1.29 is 9.53 Å². The van der Waals surface area contributed by atoms with Crippen LogP contribution in [0, 0.1) is 17.3 Å². The molecule has 0 heterocycles. The van der Waals surface area contributed by atoms with Gasteiger partial charge in [-0.2, -0.15) is 0 Å². The number of aryl methyl sites for hydroxylation is 1. The smallest absolute Gasteiger partial charge is 0.139 e. The Kier molecular flexibility index (Phi) is 3.73. The first kappa shape index (κ1) is 15.9. The first-order chi connectivity index (χ1) is 12.1. The SMILES string of the molecule is C[C@]12CC[C@@H]3c4ccc(OC5CCCC5)cc4CC[C@H]3[C@@H]1CCC2=O. The van der Waals surface area contributed by atoms with Crippen LogP contribution >= 0.6 is 0 Å². The van der Waals surface area contributed by atoms with E-state index in [-0.39, 0.29) is 5.41 Å². The third kappa shape index (κ3) is 2.47. The Morgan fingerprint density at radius 2 is 1.88 bits per heavy atom. The molecule has 5 rings (SSSR count). The van der Waals surface area contributed by atoms with Crippen molar-refractivity contribution in [2.75, 3.05) is 0 Å². The number of rotatable bonds is 2. The van der Waals surface area contributed by atoms with Gasteiger partial charge in [-0.1, -0.05) is 13.0 Å². The number of ether oxygens (including phenoxy) is 1. The van der Waals surface area contributed by atoms with E-state index >= 15 is 0 Å². The van der Waals surface area contributed by atoms with E-state index in [9.17, 15) is 4.79 Å². The molecule has 0 unspecified atom stereocenters. The standard InChI is InChI=1S/C23H30O2/c1-23-13-12-19-18-9-7-17(25-16-4-2-3-5-16)14-15(18)6-8-20(19)21(23)10-11-22(23)24/h7,9,14,16,19-21H,2-6,8,10-13H2,1H3/t19-,20-,21+,23+/m1/s1. The zero-order valence-electron chi connectivity index (χ0n) is 15.4. The van der Waals surface area contributed by atoms with Gasteiger partial charge in [0.15, 0.2) is 0 Å². The van der Waals surface area contributed by atoms with Crippen LogP contribution in [0.25, 0.3) is 0 Å². The highest BCUT2D eigenvalue weighted by atomic mass is 16.5. The number of Topliss-reactive ketones (excluding diaryl/α,β-unsaturated/α-hetero) is 1. The predicted molar refractivity (Wildman–Crippen MR) is 99.0 cm³/mol. The predicted octanol–water partition coefficient (Wildman–Crippen LogP) is 5.43. The lowest BCUT2D eigenvalue weighted by Gasteiger charge is -2.48. The summed E-state index contributed by atoms with van der Waals surface area (Å²) in [5.41, 5.74) is 3.07. The topological polar surface area (TPSA) is 26.3 Å². The second kappa shape index (κ2) is 5.86. The third-order valence-corrected chi connectivity index (χ3v) is 8.01. The van der Waals surface area contributed by atoms with Gasteiger partial charge in [0, 0.05) is 11.8 Å². The summed E-state index contributed by atoms with van der Waals surface area (Å²) in [6, 6.07) is 6.90. The average molecular weight is 338 g/mol. The minimum Gasteiger partial charge on any atom is -0.490 e. The minimum atomic E-state index is -0.00973. The molecule has 0 saturated heterocycles. The van der Waals surface area contributed by atoms with E-state index in [1.807, 2.05) is 0 Å². The summed E-state index contributed by atoms with van der Waals surface area (Å²) >= 11 is 0. The fourth-order valence-electron chi connectivity index (χ4n) is 6.60. The van der Waals surface area contributed by atoms with E-state index in [1.165, 1.54) is 50.5 Å². The number of benzene rings is 1. The molecule has 1 aromatic rings. The van der Waals surface area contributed by atoms with Crippen LogP contribution in [0.15, 0.2) is 18.2 Å². The highest BCUT2D eigenvalue weighted by Crippen LogP contribution is 2.59. The molecule has 4 atom stereocenters. The van der Waals surface area contributed by atoms with Crippen LogP contribution in [0.5, 0.6) is 5.75 Å². The minimum absolute atomic E-state index is 0.00973. The number of ketones is 1. The van der Waals surface area contributed by atoms with Crippen molar-refractivity contribution in [3.05, 3.63) is 29.3 Å². The van der Waals surface area contributed by atoms with Crippen LogP contribution in [0.2, 0.25) is 0 Å². The van der Waals surface area contributed by atoms with Crippen LogP contribution in [-0.2, 0) is 11.2 Å². The van der Waals surface area contributed by atoms with Crippen molar-refractivity contribution in [1.82, 2.24) is 0 Å². The molecule has 0 aliphatic heterocycles. The van der Waals surface area contributed by atoms with Gasteiger partial charge >= 0.3 is 0 Å². The summed E-state index contributed by atoms with van der Waals surface area (Å²) in [6.07, 6.45) is 12.2. The van der Waals surface area contributed by atoms with Crippen molar-refractivity contribution >= 4 is 5.78 Å². The molecule has 0 spiro atoms. The molecule has 4 aliphatic rings. The zero-order valence-corrected chi connectivity index (χ0v) is 15.4. The summed E-state index contributed by atoms with van der Waals surface area (Å²) in [6.45, 7) is 2.26. The zero-order chi connectivity index (χ0) is 17.0. The number of hydrogen-bond acceptors (Lipinski definition) is 2. The van der Waals surface area contributed by atoms with E-state index in [4.69, 9.17) is 4.74 Å². The lowest BCUT2D eigenvalue weighted by Crippen LogP contribution is -2.42. The molecule has 2 heteroatoms. The van der Waals surface area contributed by atoms with E-state index < -0.39 is 0 Å². The number of fused-ring (bicyclic) bond motifs is 5. The molecule has 0 N–H and O–H groups in total. The molecule has 0 bridgehead atoms. The van der Waals surface area contributed by atoms with Gasteiger partial charge < -0.3 is 4.74 Å². The molecule has 0 aromatic heterocycles. The summed E-state index contributed by atoms with van der Waals surface area (Å²) in [7, 11) is 0. The van der Waals surface area contributed by atoms with Crippen molar-refractivity contribution in [2.45, 2.75) is 83.2 Å². The second-order valence-corrected chi connectivity index (χ2v) is 9.22. The molecule has 1 aromatic carbocycles.